The van der Waals surface area contributed by atoms with Crippen LogP contribution in [0.2, 0.25) is 0 Å². The first kappa shape index (κ1) is 21.0. The zero-order chi connectivity index (χ0) is 21.1. The molecule has 3 saturated carbocycles. The molecule has 5 nitrogen and oxygen atoms in total. The van der Waals surface area contributed by atoms with Crippen molar-refractivity contribution < 1.29 is 9.84 Å². The molecule has 0 aromatic rings. The molecule has 3 aliphatic heterocycles. The van der Waals surface area contributed by atoms with Crippen molar-refractivity contribution in [2.75, 3.05) is 6.61 Å². The Morgan fingerprint density at radius 2 is 2.07 bits per heavy atom. The number of fused-ring (bicyclic) bond motifs is 1. The standard InChI is InChI=1S/C25H41N3O2/c1-23(2)22-18-7-8-20(14-29)25(22,27)15-24(12-18,30-23)19-5-3-4-16(11-19)10-17-6-9-21(26)28-13-17/h6,9,13,16,18-22,28-29H,3-5,7-8,10-12,14-15,26-27H2,1-2H3. The lowest BCUT2D eigenvalue weighted by Crippen LogP contribution is -2.78. The minimum Gasteiger partial charge on any atom is -0.396 e. The van der Waals surface area contributed by atoms with Crippen molar-refractivity contribution in [2.24, 2.45) is 41.1 Å². The zero-order valence-corrected chi connectivity index (χ0v) is 18.8. The van der Waals surface area contributed by atoms with Crippen LogP contribution in [0.4, 0.5) is 0 Å². The molecular formula is C25H41N3O2. The maximum atomic E-state index is 10.2. The highest BCUT2D eigenvalue weighted by Crippen LogP contribution is 2.65. The molecule has 168 valence electrons. The number of rotatable bonds is 4. The van der Waals surface area contributed by atoms with Gasteiger partial charge in [0.25, 0.3) is 0 Å². The fourth-order valence-electron chi connectivity index (χ4n) is 8.54. The Morgan fingerprint density at radius 3 is 2.80 bits per heavy atom. The fraction of sp³-hybridized carbons (Fsp3) is 0.840. The third-order valence-corrected chi connectivity index (χ3v) is 9.38. The molecule has 8 atom stereocenters. The van der Waals surface area contributed by atoms with Gasteiger partial charge in [-0.2, -0.15) is 0 Å². The Hall–Kier alpha value is -0.880. The third-order valence-electron chi connectivity index (χ3n) is 9.38. The SMILES string of the molecule is CC1(C)OC2(C3CCCC(CC4=CNC(N)C=C4)C3)CC3CCC(CO)C(N)(C2)C31. The molecule has 6 N–H and O–H groups in total. The number of nitrogens with one attached hydrogen (secondary N) is 1. The predicted octanol–water partition coefficient (Wildman–Crippen LogP) is 3.18. The van der Waals surface area contributed by atoms with Crippen molar-refractivity contribution >= 4 is 0 Å². The van der Waals surface area contributed by atoms with E-state index in [9.17, 15) is 5.11 Å². The number of hydrogen-bond donors (Lipinski definition) is 4. The quantitative estimate of drug-likeness (QED) is 0.566. The number of aliphatic hydroxyl groups excluding tert-OH is 1. The fourth-order valence-corrected chi connectivity index (χ4v) is 8.54. The Kier molecular flexibility index (Phi) is 5.13. The number of nitrogens with two attached hydrogens (primary N) is 2. The highest BCUT2D eigenvalue weighted by Gasteiger charge is 2.69. The van der Waals surface area contributed by atoms with Crippen LogP contribution in [-0.2, 0) is 4.74 Å². The molecule has 0 amide bonds. The van der Waals surface area contributed by atoms with E-state index in [1.165, 1.54) is 44.1 Å². The van der Waals surface area contributed by atoms with Crippen LogP contribution in [0.5, 0.6) is 0 Å². The predicted molar refractivity (Wildman–Crippen MR) is 119 cm³/mol. The van der Waals surface area contributed by atoms with Crippen LogP contribution >= 0.6 is 0 Å². The first-order valence-electron chi connectivity index (χ1n) is 12.2. The number of aliphatic hydroxyl groups is 1. The van der Waals surface area contributed by atoms with E-state index < -0.39 is 0 Å². The Bertz CT molecular complexity index is 734. The van der Waals surface area contributed by atoms with Crippen molar-refractivity contribution in [3.05, 3.63) is 23.9 Å². The maximum Gasteiger partial charge on any atom is 0.0934 e. The highest BCUT2D eigenvalue weighted by atomic mass is 16.5. The molecule has 0 radical (unpaired) electrons. The van der Waals surface area contributed by atoms with Gasteiger partial charge in [-0.3, -0.25) is 0 Å². The molecule has 8 unspecified atom stereocenters. The second-order valence-electron chi connectivity index (χ2n) is 11.7. The van der Waals surface area contributed by atoms with Crippen molar-refractivity contribution in [3.63, 3.8) is 0 Å². The first-order chi connectivity index (χ1) is 14.3. The molecule has 5 fully saturated rings. The van der Waals surface area contributed by atoms with Gasteiger partial charge in [0.1, 0.15) is 0 Å². The molecule has 0 aromatic heterocycles. The molecule has 4 bridgehead atoms. The summed E-state index contributed by atoms with van der Waals surface area (Å²) in [6.45, 7) is 4.76. The van der Waals surface area contributed by atoms with Crippen molar-refractivity contribution in [1.29, 1.82) is 0 Å². The van der Waals surface area contributed by atoms with Crippen LogP contribution in [0.1, 0.15) is 71.6 Å². The van der Waals surface area contributed by atoms with Crippen LogP contribution in [0, 0.1) is 29.6 Å². The van der Waals surface area contributed by atoms with Crippen molar-refractivity contribution in [1.82, 2.24) is 5.32 Å². The Balaban J connectivity index is 1.38. The van der Waals surface area contributed by atoms with Gasteiger partial charge < -0.3 is 26.6 Å². The molecule has 3 aliphatic carbocycles. The van der Waals surface area contributed by atoms with Gasteiger partial charge in [-0.05, 0) is 88.2 Å². The van der Waals surface area contributed by atoms with E-state index in [1.807, 2.05) is 0 Å². The van der Waals surface area contributed by atoms with Gasteiger partial charge in [-0.25, -0.2) is 0 Å². The van der Waals surface area contributed by atoms with Crippen LogP contribution in [0.15, 0.2) is 23.9 Å². The van der Waals surface area contributed by atoms with Gasteiger partial charge in [0.15, 0.2) is 0 Å². The number of dihydropyridines is 1. The minimum atomic E-state index is -0.278. The van der Waals surface area contributed by atoms with Gasteiger partial charge in [0.05, 0.1) is 17.4 Å². The van der Waals surface area contributed by atoms with E-state index in [4.69, 9.17) is 16.2 Å². The van der Waals surface area contributed by atoms with E-state index in [-0.39, 0.29) is 35.4 Å². The molecule has 5 heteroatoms. The van der Waals surface area contributed by atoms with Crippen LogP contribution < -0.4 is 16.8 Å². The molecule has 6 aliphatic rings. The van der Waals surface area contributed by atoms with E-state index in [0.717, 1.165) is 19.3 Å². The molecule has 3 heterocycles. The summed E-state index contributed by atoms with van der Waals surface area (Å²) in [7, 11) is 0. The van der Waals surface area contributed by atoms with Crippen LogP contribution in [0.3, 0.4) is 0 Å². The second-order valence-corrected chi connectivity index (χ2v) is 11.7. The van der Waals surface area contributed by atoms with E-state index in [1.54, 1.807) is 0 Å². The molecular weight excluding hydrogens is 374 g/mol. The molecule has 0 aromatic carbocycles. The summed E-state index contributed by atoms with van der Waals surface area (Å²) >= 11 is 0. The number of hydrogen-bond acceptors (Lipinski definition) is 5. The minimum absolute atomic E-state index is 0.0561. The zero-order valence-electron chi connectivity index (χ0n) is 18.8. The Labute approximate surface area is 181 Å². The van der Waals surface area contributed by atoms with Gasteiger partial charge in [-0.15, -0.1) is 0 Å². The summed E-state index contributed by atoms with van der Waals surface area (Å²) in [5.74, 6) is 2.49. The molecule has 6 rings (SSSR count). The van der Waals surface area contributed by atoms with Crippen molar-refractivity contribution in [3.8, 4) is 0 Å². The lowest BCUT2D eigenvalue weighted by Gasteiger charge is -2.71. The topological polar surface area (TPSA) is 93.5 Å². The van der Waals surface area contributed by atoms with Gasteiger partial charge in [0, 0.05) is 30.2 Å². The van der Waals surface area contributed by atoms with Crippen molar-refractivity contribution in [2.45, 2.75) is 94.5 Å². The second kappa shape index (κ2) is 7.33. The average Bonchev–Trinajstić information content (AvgIpc) is 2.68. The lowest BCUT2D eigenvalue weighted by molar-refractivity contribution is -0.321. The first-order valence-corrected chi connectivity index (χ1v) is 12.2. The van der Waals surface area contributed by atoms with E-state index >= 15 is 0 Å². The van der Waals surface area contributed by atoms with Gasteiger partial charge in [-0.1, -0.05) is 18.9 Å². The number of ether oxygens (including phenoxy) is 1. The molecule has 0 spiro atoms. The van der Waals surface area contributed by atoms with Gasteiger partial charge >= 0.3 is 0 Å². The smallest absolute Gasteiger partial charge is 0.0934 e. The normalized spacial score (nSPS) is 49.4. The summed E-state index contributed by atoms with van der Waals surface area (Å²) < 4.78 is 7.03. The highest BCUT2D eigenvalue weighted by molar-refractivity contribution is 5.25. The molecule has 2 saturated heterocycles. The summed E-state index contributed by atoms with van der Waals surface area (Å²) in [4.78, 5) is 0. The van der Waals surface area contributed by atoms with Crippen LogP contribution in [-0.4, -0.2) is 34.6 Å². The summed E-state index contributed by atoms with van der Waals surface area (Å²) in [6, 6.07) is 0. The summed E-state index contributed by atoms with van der Waals surface area (Å²) in [5.41, 5.74) is 13.9. The van der Waals surface area contributed by atoms with E-state index in [2.05, 4.69) is 37.5 Å². The van der Waals surface area contributed by atoms with E-state index in [0.29, 0.717) is 23.7 Å². The monoisotopic (exact) mass is 415 g/mol. The summed E-state index contributed by atoms with van der Waals surface area (Å²) in [6.07, 6.45) is 16.8. The average molecular weight is 416 g/mol. The van der Waals surface area contributed by atoms with Crippen LogP contribution in [0.25, 0.3) is 0 Å². The maximum absolute atomic E-state index is 10.2. The largest absolute Gasteiger partial charge is 0.396 e. The number of allylic oxidation sites excluding steroid dienone is 2. The van der Waals surface area contributed by atoms with Gasteiger partial charge in [0.2, 0.25) is 0 Å². The Morgan fingerprint density at radius 1 is 1.23 bits per heavy atom. The lowest BCUT2D eigenvalue weighted by atomic mass is 9.44. The third kappa shape index (κ3) is 3.28. The summed E-state index contributed by atoms with van der Waals surface area (Å²) in [5, 5.41) is 13.4. The molecule has 30 heavy (non-hydrogen) atoms.